The van der Waals surface area contributed by atoms with Crippen molar-refractivity contribution in [2.24, 2.45) is 10.7 Å². The van der Waals surface area contributed by atoms with Crippen LogP contribution in [-0.2, 0) is 12.8 Å². The van der Waals surface area contributed by atoms with Gasteiger partial charge in [-0.2, -0.15) is 0 Å². The quantitative estimate of drug-likeness (QED) is 0.701. The zero-order valence-corrected chi connectivity index (χ0v) is 13.5. The first kappa shape index (κ1) is 16.9. The number of nitrogens with two attached hydrogens (primary N) is 1. The number of nitrogens with zero attached hydrogens (tertiary/aromatic N) is 1. The van der Waals surface area contributed by atoms with Gasteiger partial charge in [0.2, 0.25) is 0 Å². The minimum atomic E-state index is -1.27. The fourth-order valence-electron chi connectivity index (χ4n) is 3.02. The van der Waals surface area contributed by atoms with E-state index in [2.05, 4.69) is 9.98 Å². The van der Waals surface area contributed by atoms with Crippen molar-refractivity contribution in [3.05, 3.63) is 52.5 Å². The number of rotatable bonds is 6. The van der Waals surface area contributed by atoms with Gasteiger partial charge in [0.1, 0.15) is 17.5 Å². The first-order valence-corrected chi connectivity index (χ1v) is 8.04. The molecule has 0 unspecified atom stereocenters. The number of Topliss-reactive ketones (excluding diaryl/α,β-unsaturated/α-hetero) is 1. The number of ketones is 1. The minimum Gasteiger partial charge on any atom is -0.478 e. The van der Waals surface area contributed by atoms with Crippen molar-refractivity contribution in [3.8, 4) is 0 Å². The molecule has 0 aliphatic carbocycles. The van der Waals surface area contributed by atoms with Crippen LogP contribution in [0.1, 0.15) is 51.1 Å². The maximum atomic E-state index is 13.7. The highest BCUT2D eigenvalue weighted by Crippen LogP contribution is 2.28. The Balaban J connectivity index is 1.57. The SMILES string of the molecule is NC1=Nc2[nH]cc(CCCCc3ccc(C(=O)O)c(F)c3)c2C(=O)C1. The first-order valence-electron chi connectivity index (χ1n) is 8.04. The van der Waals surface area contributed by atoms with Gasteiger partial charge < -0.3 is 15.8 Å². The Kier molecular flexibility index (Phi) is 4.65. The molecule has 1 aliphatic rings. The van der Waals surface area contributed by atoms with Crippen molar-refractivity contribution in [1.29, 1.82) is 0 Å². The summed E-state index contributed by atoms with van der Waals surface area (Å²) in [6.45, 7) is 0. The third-order valence-corrected chi connectivity index (χ3v) is 4.24. The third-order valence-electron chi connectivity index (χ3n) is 4.24. The number of carboxylic acid groups (broad SMARTS) is 1. The fourth-order valence-corrected chi connectivity index (χ4v) is 3.02. The molecule has 2 aromatic rings. The van der Waals surface area contributed by atoms with Gasteiger partial charge in [-0.1, -0.05) is 6.07 Å². The van der Waals surface area contributed by atoms with Gasteiger partial charge in [0.05, 0.1) is 17.5 Å². The highest BCUT2D eigenvalue weighted by Gasteiger charge is 2.23. The van der Waals surface area contributed by atoms with E-state index < -0.39 is 11.8 Å². The van der Waals surface area contributed by atoms with Crippen molar-refractivity contribution < 1.29 is 19.1 Å². The number of amidine groups is 1. The monoisotopic (exact) mass is 343 g/mol. The van der Waals surface area contributed by atoms with E-state index in [1.807, 2.05) is 0 Å². The Bertz CT molecular complexity index is 870. The topological polar surface area (TPSA) is 109 Å². The molecule has 1 aromatic carbocycles. The summed E-state index contributed by atoms with van der Waals surface area (Å²) in [6.07, 6.45) is 4.90. The number of aromatic amines is 1. The maximum absolute atomic E-state index is 13.7. The van der Waals surface area contributed by atoms with Crippen LogP contribution in [0.4, 0.5) is 10.2 Å². The van der Waals surface area contributed by atoms with Gasteiger partial charge in [-0.15, -0.1) is 0 Å². The van der Waals surface area contributed by atoms with Crippen LogP contribution in [0.25, 0.3) is 0 Å². The number of hydrogen-bond donors (Lipinski definition) is 3. The summed E-state index contributed by atoms with van der Waals surface area (Å²) in [5.74, 6) is -1.17. The number of aromatic nitrogens is 1. The van der Waals surface area contributed by atoms with E-state index in [9.17, 15) is 14.0 Å². The molecule has 1 aliphatic heterocycles. The molecule has 0 saturated carbocycles. The number of H-pyrrole nitrogens is 1. The Morgan fingerprint density at radius 1 is 1.32 bits per heavy atom. The number of halogens is 1. The molecule has 0 atom stereocenters. The Labute approximate surface area is 143 Å². The molecule has 0 radical (unpaired) electrons. The lowest BCUT2D eigenvalue weighted by atomic mass is 9.98. The lowest BCUT2D eigenvalue weighted by molar-refractivity contribution is 0.0691. The number of carbonyl (C=O) groups is 2. The molecule has 0 bridgehead atoms. The Hall–Kier alpha value is -2.96. The summed E-state index contributed by atoms with van der Waals surface area (Å²) in [5.41, 5.74) is 7.59. The van der Waals surface area contributed by atoms with E-state index in [0.29, 0.717) is 30.1 Å². The van der Waals surface area contributed by atoms with E-state index in [1.165, 1.54) is 12.1 Å². The van der Waals surface area contributed by atoms with Crippen LogP contribution in [0, 0.1) is 5.82 Å². The smallest absolute Gasteiger partial charge is 0.338 e. The lowest BCUT2D eigenvalue weighted by Gasteiger charge is -2.09. The molecule has 7 heteroatoms. The average Bonchev–Trinajstić information content (AvgIpc) is 2.94. The predicted octanol–water partition coefficient (Wildman–Crippen LogP) is 2.99. The molecule has 0 amide bonds. The van der Waals surface area contributed by atoms with Gasteiger partial charge in [0, 0.05) is 6.20 Å². The molecule has 25 heavy (non-hydrogen) atoms. The molecule has 4 N–H and O–H groups in total. The molecular weight excluding hydrogens is 325 g/mol. The standard InChI is InChI=1S/C18H18FN3O3/c19-13-7-10(5-6-12(13)18(24)25)3-1-2-4-11-9-21-17-16(11)14(23)8-15(20)22-17/h5-7,9,21H,1-4,8H2,(H2,20,22)(H,24,25). The molecule has 2 heterocycles. The van der Waals surface area contributed by atoms with Crippen molar-refractivity contribution in [2.75, 3.05) is 0 Å². The van der Waals surface area contributed by atoms with E-state index >= 15 is 0 Å². The van der Waals surface area contributed by atoms with Crippen LogP contribution >= 0.6 is 0 Å². The second-order valence-electron chi connectivity index (χ2n) is 6.07. The van der Waals surface area contributed by atoms with Gasteiger partial charge in [0.15, 0.2) is 5.78 Å². The van der Waals surface area contributed by atoms with Crippen molar-refractivity contribution in [1.82, 2.24) is 4.98 Å². The number of fused-ring (bicyclic) bond motifs is 1. The minimum absolute atomic E-state index is 0.0231. The summed E-state index contributed by atoms with van der Waals surface area (Å²) in [4.78, 5) is 30.0. The molecule has 1 aromatic heterocycles. The van der Waals surface area contributed by atoms with E-state index in [0.717, 1.165) is 24.0 Å². The number of aliphatic imine (C=N–C) groups is 1. The Morgan fingerprint density at radius 3 is 2.80 bits per heavy atom. The molecule has 0 fully saturated rings. The Morgan fingerprint density at radius 2 is 2.08 bits per heavy atom. The molecule has 3 rings (SSSR count). The largest absolute Gasteiger partial charge is 0.478 e. The number of nitrogens with one attached hydrogen (secondary N) is 1. The number of aryl methyl sites for hydroxylation is 2. The highest BCUT2D eigenvalue weighted by molar-refractivity contribution is 6.15. The van der Waals surface area contributed by atoms with Crippen molar-refractivity contribution in [3.63, 3.8) is 0 Å². The second-order valence-corrected chi connectivity index (χ2v) is 6.07. The van der Waals surface area contributed by atoms with Crippen molar-refractivity contribution >= 4 is 23.4 Å². The average molecular weight is 343 g/mol. The third kappa shape index (κ3) is 3.60. The normalized spacial score (nSPS) is 13.5. The lowest BCUT2D eigenvalue weighted by Crippen LogP contribution is -2.20. The zero-order valence-electron chi connectivity index (χ0n) is 13.5. The van der Waals surface area contributed by atoms with Crippen molar-refractivity contribution in [2.45, 2.75) is 32.1 Å². The number of benzene rings is 1. The van der Waals surface area contributed by atoms with Crippen LogP contribution in [-0.4, -0.2) is 27.7 Å². The van der Waals surface area contributed by atoms with E-state index in [4.69, 9.17) is 10.8 Å². The second kappa shape index (κ2) is 6.88. The highest BCUT2D eigenvalue weighted by atomic mass is 19.1. The summed E-state index contributed by atoms with van der Waals surface area (Å²) in [5, 5.41) is 8.82. The van der Waals surface area contributed by atoms with Crippen LogP contribution in [0.2, 0.25) is 0 Å². The van der Waals surface area contributed by atoms with E-state index in [1.54, 1.807) is 12.3 Å². The molecular formula is C18H18FN3O3. The fraction of sp³-hybridized carbons (Fsp3) is 0.278. The zero-order chi connectivity index (χ0) is 18.0. The summed E-state index contributed by atoms with van der Waals surface area (Å²) < 4.78 is 13.7. The van der Waals surface area contributed by atoms with Crippen LogP contribution in [0.3, 0.4) is 0 Å². The van der Waals surface area contributed by atoms with Gasteiger partial charge in [-0.25, -0.2) is 14.2 Å². The number of carbonyl (C=O) groups excluding carboxylic acids is 1. The van der Waals surface area contributed by atoms with Gasteiger partial charge in [0.25, 0.3) is 0 Å². The molecule has 0 saturated heterocycles. The molecule has 130 valence electrons. The number of unbranched alkanes of at least 4 members (excludes halogenated alkanes) is 1. The first-order chi connectivity index (χ1) is 12.0. The summed E-state index contributed by atoms with van der Waals surface area (Å²) in [6, 6.07) is 4.19. The van der Waals surface area contributed by atoms with Gasteiger partial charge >= 0.3 is 5.97 Å². The van der Waals surface area contributed by atoms with Crippen LogP contribution in [0.15, 0.2) is 29.4 Å². The molecule has 6 nitrogen and oxygen atoms in total. The number of carboxylic acids is 1. The summed E-state index contributed by atoms with van der Waals surface area (Å²) >= 11 is 0. The maximum Gasteiger partial charge on any atom is 0.338 e. The van der Waals surface area contributed by atoms with Crippen LogP contribution < -0.4 is 5.73 Å². The van der Waals surface area contributed by atoms with E-state index in [-0.39, 0.29) is 17.8 Å². The van der Waals surface area contributed by atoms with Crippen LogP contribution in [0.5, 0.6) is 0 Å². The van der Waals surface area contributed by atoms with Gasteiger partial charge in [-0.3, -0.25) is 4.79 Å². The number of hydrogen-bond acceptors (Lipinski definition) is 4. The predicted molar refractivity (Wildman–Crippen MR) is 91.0 cm³/mol. The molecule has 0 spiro atoms. The summed E-state index contributed by atoms with van der Waals surface area (Å²) in [7, 11) is 0. The number of aromatic carboxylic acids is 1. The van der Waals surface area contributed by atoms with Gasteiger partial charge in [-0.05, 0) is 48.9 Å².